The number of aliphatic hydroxyl groups is 1. The Morgan fingerprint density at radius 3 is 1.89 bits per heavy atom. The van der Waals surface area contributed by atoms with E-state index in [2.05, 4.69) is 0 Å². The lowest BCUT2D eigenvalue weighted by atomic mass is 9.75. The fourth-order valence-electron chi connectivity index (χ4n) is 4.57. The second-order valence-corrected chi connectivity index (χ2v) is 9.16. The van der Waals surface area contributed by atoms with E-state index >= 15 is 0 Å². The molecule has 0 unspecified atom stereocenters. The molecule has 0 heterocycles. The van der Waals surface area contributed by atoms with E-state index in [0.29, 0.717) is 52.5 Å². The third-order valence-electron chi connectivity index (χ3n) is 6.96. The molecule has 0 bridgehead atoms. The van der Waals surface area contributed by atoms with Crippen LogP contribution < -0.4 is 28.4 Å². The van der Waals surface area contributed by atoms with Gasteiger partial charge in [0.15, 0.2) is 23.0 Å². The van der Waals surface area contributed by atoms with E-state index in [1.54, 1.807) is 27.0 Å². The summed E-state index contributed by atoms with van der Waals surface area (Å²) in [5.41, 5.74) is 2.17. The lowest BCUT2D eigenvalue weighted by Gasteiger charge is -2.36. The zero-order valence-electron chi connectivity index (χ0n) is 22.5. The van der Waals surface area contributed by atoms with Crippen molar-refractivity contribution in [3.05, 3.63) is 34.9 Å². The molecule has 0 radical (unpaired) electrons. The van der Waals surface area contributed by atoms with Gasteiger partial charge in [-0.25, -0.2) is 4.79 Å². The Hall–Kier alpha value is -3.39. The standard InChI is InChI=1S/C28H36O8/c1-10-15(2)27(29)36-26-21-17(12-19(31-5)24(26)34-8)11-16(3)28(4,30)14-18-13-20(32-6)23(33-7)25(35-9)22(18)21/h10,12-13,16,30H,11,14H2,1-9H3/t16-,28-/m1/s1. The maximum atomic E-state index is 13.0. The fraction of sp³-hybridized carbons (Fsp3) is 0.464. The number of benzene rings is 2. The number of hydrogen-bond acceptors (Lipinski definition) is 8. The highest BCUT2D eigenvalue weighted by molar-refractivity contribution is 5.94. The Labute approximate surface area is 212 Å². The number of hydrogen-bond donors (Lipinski definition) is 1. The normalized spacial score (nSPS) is 19.3. The van der Waals surface area contributed by atoms with Crippen molar-refractivity contribution in [1.29, 1.82) is 0 Å². The summed E-state index contributed by atoms with van der Waals surface area (Å²) in [5, 5.41) is 11.5. The van der Waals surface area contributed by atoms with Crippen LogP contribution in [0.25, 0.3) is 11.1 Å². The van der Waals surface area contributed by atoms with Gasteiger partial charge in [-0.05, 0) is 56.4 Å². The third-order valence-corrected chi connectivity index (χ3v) is 6.96. The molecule has 1 aliphatic carbocycles. The minimum atomic E-state index is -1.05. The second-order valence-electron chi connectivity index (χ2n) is 9.16. The van der Waals surface area contributed by atoms with Crippen molar-refractivity contribution in [3.63, 3.8) is 0 Å². The van der Waals surface area contributed by atoms with Crippen LogP contribution in [0.1, 0.15) is 38.8 Å². The minimum absolute atomic E-state index is 0.151. The first-order valence-electron chi connectivity index (χ1n) is 11.8. The van der Waals surface area contributed by atoms with Crippen molar-refractivity contribution >= 4 is 5.97 Å². The van der Waals surface area contributed by atoms with Crippen LogP contribution in [-0.4, -0.2) is 52.2 Å². The van der Waals surface area contributed by atoms with Crippen molar-refractivity contribution in [2.45, 2.75) is 46.1 Å². The summed E-state index contributed by atoms with van der Waals surface area (Å²) in [4.78, 5) is 13.0. The molecule has 8 heteroatoms. The Morgan fingerprint density at radius 1 is 0.889 bits per heavy atom. The van der Waals surface area contributed by atoms with Crippen LogP contribution in [-0.2, 0) is 17.6 Å². The Kier molecular flexibility index (Phi) is 8.09. The van der Waals surface area contributed by atoms with Gasteiger partial charge in [0.25, 0.3) is 0 Å². The number of ether oxygens (including phenoxy) is 6. The Balaban J connectivity index is 2.56. The van der Waals surface area contributed by atoms with Gasteiger partial charge < -0.3 is 33.5 Å². The molecule has 196 valence electrons. The van der Waals surface area contributed by atoms with Crippen LogP contribution in [0.5, 0.6) is 34.5 Å². The topological polar surface area (TPSA) is 92.7 Å². The molecule has 1 aliphatic rings. The highest BCUT2D eigenvalue weighted by Crippen LogP contribution is 2.56. The summed E-state index contributed by atoms with van der Waals surface area (Å²) in [5.74, 6) is 1.46. The van der Waals surface area contributed by atoms with Crippen LogP contribution in [0.3, 0.4) is 0 Å². The molecule has 0 saturated heterocycles. The van der Waals surface area contributed by atoms with E-state index in [1.807, 2.05) is 26.0 Å². The third kappa shape index (κ3) is 4.69. The maximum Gasteiger partial charge on any atom is 0.338 e. The van der Waals surface area contributed by atoms with Crippen molar-refractivity contribution < 1.29 is 38.3 Å². The lowest BCUT2D eigenvalue weighted by Crippen LogP contribution is -2.37. The number of esters is 1. The van der Waals surface area contributed by atoms with Crippen molar-refractivity contribution in [2.24, 2.45) is 5.92 Å². The average Bonchev–Trinajstić information content (AvgIpc) is 2.86. The largest absolute Gasteiger partial charge is 0.493 e. The number of rotatable bonds is 7. The van der Waals surface area contributed by atoms with E-state index in [9.17, 15) is 9.90 Å². The number of fused-ring (bicyclic) bond motifs is 3. The van der Waals surface area contributed by atoms with Crippen LogP contribution in [0.4, 0.5) is 0 Å². The van der Waals surface area contributed by atoms with Gasteiger partial charge in [-0.3, -0.25) is 0 Å². The first-order valence-corrected chi connectivity index (χ1v) is 11.8. The molecule has 1 N–H and O–H groups in total. The molecular weight excluding hydrogens is 464 g/mol. The van der Waals surface area contributed by atoms with E-state index in [1.165, 1.54) is 28.4 Å². The molecule has 0 fully saturated rings. The molecule has 0 spiro atoms. The predicted molar refractivity (Wildman–Crippen MR) is 137 cm³/mol. The summed E-state index contributed by atoms with van der Waals surface area (Å²) >= 11 is 0. The van der Waals surface area contributed by atoms with Gasteiger partial charge in [0.2, 0.25) is 11.5 Å². The van der Waals surface area contributed by atoms with E-state index < -0.39 is 11.6 Å². The lowest BCUT2D eigenvalue weighted by molar-refractivity contribution is -0.130. The van der Waals surface area contributed by atoms with E-state index in [0.717, 1.165) is 11.1 Å². The summed E-state index contributed by atoms with van der Waals surface area (Å²) < 4.78 is 34.5. The zero-order valence-corrected chi connectivity index (χ0v) is 22.5. The quantitative estimate of drug-likeness (QED) is 0.331. The monoisotopic (exact) mass is 500 g/mol. The number of carbonyl (C=O) groups excluding carboxylic acids is 1. The molecule has 0 aromatic heterocycles. The van der Waals surface area contributed by atoms with Gasteiger partial charge in [0.05, 0.1) is 41.2 Å². The van der Waals surface area contributed by atoms with Crippen LogP contribution in [0.15, 0.2) is 23.8 Å². The molecular formula is C28H36O8. The van der Waals surface area contributed by atoms with Crippen molar-refractivity contribution in [1.82, 2.24) is 0 Å². The van der Waals surface area contributed by atoms with Gasteiger partial charge in [0.1, 0.15) is 0 Å². The molecule has 0 saturated carbocycles. The van der Waals surface area contributed by atoms with Crippen LogP contribution >= 0.6 is 0 Å². The summed E-state index contributed by atoms with van der Waals surface area (Å²) in [6, 6.07) is 3.68. The Bertz CT molecular complexity index is 1180. The SMILES string of the molecule is CC=C(C)C(=O)Oc1c(OC)c(OC)cc2c1-c1c(cc(OC)c(OC)c1OC)C[C@@](C)(O)[C@H](C)C2. The highest BCUT2D eigenvalue weighted by Gasteiger charge is 2.38. The fourth-order valence-corrected chi connectivity index (χ4v) is 4.57. The van der Waals surface area contributed by atoms with Crippen molar-refractivity contribution in [2.75, 3.05) is 35.5 Å². The van der Waals surface area contributed by atoms with Gasteiger partial charge in [-0.2, -0.15) is 0 Å². The maximum absolute atomic E-state index is 13.0. The summed E-state index contributed by atoms with van der Waals surface area (Å²) in [6.45, 7) is 7.25. The molecule has 2 aromatic carbocycles. The summed E-state index contributed by atoms with van der Waals surface area (Å²) in [6.07, 6.45) is 2.46. The van der Waals surface area contributed by atoms with Crippen molar-refractivity contribution in [3.8, 4) is 45.6 Å². The number of methoxy groups -OCH3 is 5. The van der Waals surface area contributed by atoms with Gasteiger partial charge in [-0.1, -0.05) is 13.0 Å². The average molecular weight is 501 g/mol. The smallest absolute Gasteiger partial charge is 0.338 e. The number of carbonyl (C=O) groups is 1. The predicted octanol–water partition coefficient (Wildman–Crippen LogP) is 4.75. The Morgan fingerprint density at radius 2 is 1.39 bits per heavy atom. The molecule has 2 aromatic rings. The van der Waals surface area contributed by atoms with Gasteiger partial charge in [-0.15, -0.1) is 0 Å². The summed E-state index contributed by atoms with van der Waals surface area (Å²) in [7, 11) is 7.63. The molecule has 36 heavy (non-hydrogen) atoms. The zero-order chi connectivity index (χ0) is 26.8. The van der Waals surface area contributed by atoms with Crippen LogP contribution in [0, 0.1) is 5.92 Å². The first-order chi connectivity index (χ1) is 17.1. The minimum Gasteiger partial charge on any atom is -0.493 e. The molecule has 3 rings (SSSR count). The van der Waals surface area contributed by atoms with Crippen LogP contribution in [0.2, 0.25) is 0 Å². The van der Waals surface area contributed by atoms with Gasteiger partial charge >= 0.3 is 5.97 Å². The number of allylic oxidation sites excluding steroid dienone is 1. The molecule has 2 atom stereocenters. The van der Waals surface area contributed by atoms with E-state index in [4.69, 9.17) is 28.4 Å². The molecule has 0 aliphatic heterocycles. The molecule has 8 nitrogen and oxygen atoms in total. The first kappa shape index (κ1) is 27.2. The van der Waals surface area contributed by atoms with E-state index in [-0.39, 0.29) is 17.4 Å². The second kappa shape index (κ2) is 10.7. The molecule has 0 amide bonds. The van der Waals surface area contributed by atoms with Gasteiger partial charge in [0, 0.05) is 23.1 Å². The highest BCUT2D eigenvalue weighted by atomic mass is 16.6.